The van der Waals surface area contributed by atoms with Crippen LogP contribution in [-0.4, -0.2) is 48.2 Å². The summed E-state index contributed by atoms with van der Waals surface area (Å²) in [4.78, 5) is 0. The first-order valence-electron chi connectivity index (χ1n) is 6.18. The molecule has 0 saturated heterocycles. The predicted molar refractivity (Wildman–Crippen MR) is 63.4 cm³/mol. The van der Waals surface area contributed by atoms with E-state index in [-0.39, 0.29) is 12.1 Å². The minimum Gasteiger partial charge on any atom is -0.392 e. The Bertz CT molecular complexity index is 197. The Morgan fingerprint density at radius 2 is 2.06 bits per heavy atom. The molecule has 0 aromatic heterocycles. The fourth-order valence-electron chi connectivity index (χ4n) is 2.11. The van der Waals surface area contributed by atoms with Gasteiger partial charge in [0.15, 0.2) is 0 Å². The number of aliphatic hydroxyl groups excluding tert-OH is 1. The number of nitrogens with one attached hydrogen (secondary N) is 1. The van der Waals surface area contributed by atoms with E-state index >= 15 is 0 Å². The molecule has 1 unspecified atom stereocenters. The highest BCUT2D eigenvalue weighted by Gasteiger charge is 2.26. The molecule has 0 aromatic carbocycles. The van der Waals surface area contributed by atoms with Crippen molar-refractivity contribution in [2.24, 2.45) is 0 Å². The maximum absolute atomic E-state index is 10.0. The first-order chi connectivity index (χ1) is 7.55. The number of rotatable bonds is 6. The monoisotopic (exact) mass is 231 g/mol. The molecule has 3 atom stereocenters. The Kier molecular flexibility index (Phi) is 5.69. The molecule has 0 radical (unpaired) electrons. The third kappa shape index (κ3) is 4.78. The highest BCUT2D eigenvalue weighted by Crippen LogP contribution is 2.19. The molecule has 3 N–H and O–H groups in total. The third-order valence-electron chi connectivity index (χ3n) is 3.32. The molecule has 1 aliphatic rings. The maximum atomic E-state index is 10.0. The highest BCUT2D eigenvalue weighted by molar-refractivity contribution is 4.84. The molecule has 0 amide bonds. The van der Waals surface area contributed by atoms with Gasteiger partial charge >= 0.3 is 0 Å². The summed E-state index contributed by atoms with van der Waals surface area (Å²) in [5.74, 6) is 0. The van der Waals surface area contributed by atoms with Crippen molar-refractivity contribution in [2.75, 3.05) is 20.3 Å². The van der Waals surface area contributed by atoms with Crippen LogP contribution >= 0.6 is 0 Å². The van der Waals surface area contributed by atoms with E-state index in [1.54, 1.807) is 14.0 Å². The molecule has 4 heteroatoms. The van der Waals surface area contributed by atoms with Crippen molar-refractivity contribution >= 4 is 0 Å². The van der Waals surface area contributed by atoms with Crippen LogP contribution in [0.5, 0.6) is 0 Å². The summed E-state index contributed by atoms with van der Waals surface area (Å²) < 4.78 is 4.95. The van der Waals surface area contributed by atoms with Crippen LogP contribution in [0.15, 0.2) is 0 Å². The average Bonchev–Trinajstić information content (AvgIpc) is 2.26. The van der Waals surface area contributed by atoms with Crippen molar-refractivity contribution in [1.29, 1.82) is 0 Å². The van der Waals surface area contributed by atoms with Crippen LogP contribution in [0.1, 0.15) is 39.0 Å². The lowest BCUT2D eigenvalue weighted by Crippen LogP contribution is -2.48. The van der Waals surface area contributed by atoms with E-state index in [1.807, 2.05) is 0 Å². The molecule has 0 aliphatic heterocycles. The standard InChI is InChI=1S/C12H25NO3/c1-12(15,7-8-16-2)9-13-10-5-3-4-6-11(10)14/h10-11,13-15H,3-9H2,1-2H3/t10-,11-,12?/m0/s1. The number of aliphatic hydroxyl groups is 2. The molecule has 16 heavy (non-hydrogen) atoms. The van der Waals surface area contributed by atoms with Gasteiger partial charge < -0.3 is 20.3 Å². The second-order valence-electron chi connectivity index (χ2n) is 5.08. The summed E-state index contributed by atoms with van der Waals surface area (Å²) in [7, 11) is 1.63. The van der Waals surface area contributed by atoms with Crippen molar-refractivity contribution in [3.63, 3.8) is 0 Å². The molecule has 96 valence electrons. The Hall–Kier alpha value is -0.160. The van der Waals surface area contributed by atoms with Gasteiger partial charge in [-0.2, -0.15) is 0 Å². The number of ether oxygens (including phenoxy) is 1. The molecule has 1 aliphatic carbocycles. The second-order valence-corrected chi connectivity index (χ2v) is 5.08. The fraction of sp³-hybridized carbons (Fsp3) is 1.00. The summed E-state index contributed by atoms with van der Waals surface area (Å²) in [5, 5.41) is 23.1. The summed E-state index contributed by atoms with van der Waals surface area (Å²) in [6.45, 7) is 2.87. The molecule has 0 aromatic rings. The van der Waals surface area contributed by atoms with Crippen LogP contribution in [0.2, 0.25) is 0 Å². The SMILES string of the molecule is COCCC(C)(O)CN[C@H]1CCCC[C@@H]1O. The quantitative estimate of drug-likeness (QED) is 0.628. The summed E-state index contributed by atoms with van der Waals surface area (Å²) in [5.41, 5.74) is -0.757. The van der Waals surface area contributed by atoms with Crippen molar-refractivity contribution in [2.45, 2.75) is 56.8 Å². The van der Waals surface area contributed by atoms with Gasteiger partial charge in [0.1, 0.15) is 0 Å². The molecular weight excluding hydrogens is 206 g/mol. The maximum Gasteiger partial charge on any atom is 0.0765 e. The van der Waals surface area contributed by atoms with Crippen LogP contribution in [-0.2, 0) is 4.74 Å². The van der Waals surface area contributed by atoms with Crippen molar-refractivity contribution < 1.29 is 14.9 Å². The third-order valence-corrected chi connectivity index (χ3v) is 3.32. The van der Waals surface area contributed by atoms with Crippen LogP contribution < -0.4 is 5.32 Å². The Labute approximate surface area is 98.0 Å². The van der Waals surface area contributed by atoms with Crippen LogP contribution in [0.25, 0.3) is 0 Å². The van der Waals surface area contributed by atoms with Gasteiger partial charge in [-0.3, -0.25) is 0 Å². The van der Waals surface area contributed by atoms with E-state index in [2.05, 4.69) is 5.32 Å². The van der Waals surface area contributed by atoms with Gasteiger partial charge in [-0.05, 0) is 19.8 Å². The van der Waals surface area contributed by atoms with Crippen LogP contribution in [0.3, 0.4) is 0 Å². The molecule has 4 nitrogen and oxygen atoms in total. The van der Waals surface area contributed by atoms with Crippen molar-refractivity contribution in [1.82, 2.24) is 5.32 Å². The lowest BCUT2D eigenvalue weighted by molar-refractivity contribution is 0.0126. The lowest BCUT2D eigenvalue weighted by Gasteiger charge is -2.32. The first-order valence-corrected chi connectivity index (χ1v) is 6.18. The Morgan fingerprint density at radius 1 is 1.38 bits per heavy atom. The van der Waals surface area contributed by atoms with Gasteiger partial charge in [0.2, 0.25) is 0 Å². The van der Waals surface area contributed by atoms with Gasteiger partial charge in [0.25, 0.3) is 0 Å². The summed E-state index contributed by atoms with van der Waals surface area (Å²) >= 11 is 0. The summed E-state index contributed by atoms with van der Waals surface area (Å²) in [6.07, 6.45) is 4.50. The first kappa shape index (κ1) is 13.9. The smallest absolute Gasteiger partial charge is 0.0765 e. The highest BCUT2D eigenvalue weighted by atomic mass is 16.5. The summed E-state index contributed by atoms with van der Waals surface area (Å²) in [6, 6.07) is 0.141. The van der Waals surface area contributed by atoms with Crippen LogP contribution in [0.4, 0.5) is 0 Å². The van der Waals surface area contributed by atoms with E-state index in [1.165, 1.54) is 0 Å². The van der Waals surface area contributed by atoms with Gasteiger partial charge in [-0.15, -0.1) is 0 Å². The zero-order valence-corrected chi connectivity index (χ0v) is 10.4. The zero-order chi connectivity index (χ0) is 12.0. The molecule has 1 rings (SSSR count). The predicted octanol–water partition coefficient (Wildman–Crippen LogP) is 0.667. The minimum absolute atomic E-state index is 0.141. The number of hydrogen-bond donors (Lipinski definition) is 3. The van der Waals surface area contributed by atoms with Gasteiger partial charge in [-0.25, -0.2) is 0 Å². The fourth-order valence-corrected chi connectivity index (χ4v) is 2.11. The van der Waals surface area contributed by atoms with Gasteiger partial charge in [-0.1, -0.05) is 12.8 Å². The van der Waals surface area contributed by atoms with Crippen molar-refractivity contribution in [3.05, 3.63) is 0 Å². The molecule has 0 bridgehead atoms. The average molecular weight is 231 g/mol. The molecule has 1 saturated carbocycles. The molecule has 1 fully saturated rings. The Balaban J connectivity index is 2.26. The molecular formula is C12H25NO3. The topological polar surface area (TPSA) is 61.7 Å². The normalized spacial score (nSPS) is 30.0. The minimum atomic E-state index is -0.757. The van der Waals surface area contributed by atoms with E-state index in [0.717, 1.165) is 25.7 Å². The lowest BCUT2D eigenvalue weighted by atomic mass is 9.91. The number of methoxy groups -OCH3 is 1. The Morgan fingerprint density at radius 3 is 2.69 bits per heavy atom. The van der Waals surface area contributed by atoms with E-state index in [9.17, 15) is 10.2 Å². The van der Waals surface area contributed by atoms with Crippen molar-refractivity contribution in [3.8, 4) is 0 Å². The van der Waals surface area contributed by atoms with E-state index in [0.29, 0.717) is 19.6 Å². The second kappa shape index (κ2) is 6.55. The van der Waals surface area contributed by atoms with Crippen LogP contribution in [0, 0.1) is 0 Å². The van der Waals surface area contributed by atoms with E-state index < -0.39 is 5.60 Å². The van der Waals surface area contributed by atoms with E-state index in [4.69, 9.17) is 4.74 Å². The molecule has 0 spiro atoms. The molecule has 0 heterocycles. The van der Waals surface area contributed by atoms with Gasteiger partial charge in [0, 0.05) is 32.7 Å². The number of hydrogen-bond acceptors (Lipinski definition) is 4. The zero-order valence-electron chi connectivity index (χ0n) is 10.4. The largest absolute Gasteiger partial charge is 0.392 e. The van der Waals surface area contributed by atoms with Gasteiger partial charge in [0.05, 0.1) is 11.7 Å².